The summed E-state index contributed by atoms with van der Waals surface area (Å²) in [6.45, 7) is 0. The monoisotopic (exact) mass is 288 g/mol. The molecule has 2 aromatic rings. The molecule has 21 heavy (non-hydrogen) atoms. The van der Waals surface area contributed by atoms with E-state index in [1.807, 2.05) is 0 Å². The first-order valence-electron chi connectivity index (χ1n) is 6.00. The number of para-hydroxylation sites is 1. The summed E-state index contributed by atoms with van der Waals surface area (Å²) in [7, 11) is 0. The molecule has 2 atom stereocenters. The molecule has 1 aliphatic rings. The zero-order chi connectivity index (χ0) is 15.1. The van der Waals surface area contributed by atoms with Crippen LogP contribution in [0.3, 0.4) is 0 Å². The van der Waals surface area contributed by atoms with Crippen molar-refractivity contribution < 1.29 is 29.5 Å². The van der Waals surface area contributed by atoms with Crippen molar-refractivity contribution in [1.29, 1.82) is 0 Å². The van der Waals surface area contributed by atoms with Gasteiger partial charge in [-0.05, 0) is 11.6 Å². The number of carboxylic acid groups (broad SMARTS) is 2. The molecule has 1 aromatic heterocycles. The van der Waals surface area contributed by atoms with Crippen molar-refractivity contribution in [3.8, 4) is 0 Å². The third-order valence-corrected chi connectivity index (χ3v) is 3.40. The molecule has 8 nitrogen and oxygen atoms in total. The number of rotatable bonds is 3. The van der Waals surface area contributed by atoms with Crippen LogP contribution in [0.4, 0.5) is 0 Å². The molecule has 0 amide bonds. The molecule has 8 heteroatoms. The zero-order valence-corrected chi connectivity index (χ0v) is 10.4. The molecule has 0 bridgehead atoms. The molecule has 0 aliphatic carbocycles. The van der Waals surface area contributed by atoms with E-state index in [0.717, 1.165) is 0 Å². The Balaban J connectivity index is 2.20. The van der Waals surface area contributed by atoms with Gasteiger partial charge in [-0.2, -0.15) is 0 Å². The SMILES string of the molecule is O=C([O-])C1=[N+]([O-])OC(C(=O)[O-])C1c1c[nH]c2ccccc12. The molecule has 0 spiro atoms. The lowest BCUT2D eigenvalue weighted by molar-refractivity contribution is -0.738. The quantitative estimate of drug-likeness (QED) is 0.651. The minimum atomic E-state index is -1.79. The average Bonchev–Trinajstić information content (AvgIpc) is 2.99. The van der Waals surface area contributed by atoms with Gasteiger partial charge in [0.1, 0.15) is 18.0 Å². The summed E-state index contributed by atoms with van der Waals surface area (Å²) in [5.41, 5.74) is 0.193. The van der Waals surface area contributed by atoms with Gasteiger partial charge in [0.2, 0.25) is 0 Å². The molecule has 0 radical (unpaired) electrons. The Hall–Kier alpha value is -3.03. The fourth-order valence-corrected chi connectivity index (χ4v) is 2.52. The Morgan fingerprint density at radius 2 is 1.95 bits per heavy atom. The first kappa shape index (κ1) is 13.0. The molecule has 1 N–H and O–H groups in total. The average molecular weight is 288 g/mol. The Labute approximate surface area is 117 Å². The largest absolute Gasteiger partial charge is 0.549 e. The van der Waals surface area contributed by atoms with E-state index in [1.54, 1.807) is 24.3 Å². The molecule has 1 aliphatic heterocycles. The van der Waals surface area contributed by atoms with E-state index in [4.69, 9.17) is 0 Å². The molecule has 0 saturated carbocycles. The van der Waals surface area contributed by atoms with Crippen LogP contribution >= 0.6 is 0 Å². The fourth-order valence-electron chi connectivity index (χ4n) is 2.52. The number of carboxylic acids is 2. The van der Waals surface area contributed by atoms with Crippen molar-refractivity contribution in [2.24, 2.45) is 0 Å². The van der Waals surface area contributed by atoms with Gasteiger partial charge in [-0.25, -0.2) is 0 Å². The van der Waals surface area contributed by atoms with Gasteiger partial charge in [0.05, 0.1) is 5.97 Å². The summed E-state index contributed by atoms with van der Waals surface area (Å²) in [5, 5.41) is 34.3. The van der Waals surface area contributed by atoms with Crippen molar-refractivity contribution in [2.75, 3.05) is 0 Å². The number of hydrogen-bond donors (Lipinski definition) is 1. The Kier molecular flexibility index (Phi) is 2.79. The third-order valence-electron chi connectivity index (χ3n) is 3.40. The van der Waals surface area contributed by atoms with Crippen molar-refractivity contribution in [1.82, 2.24) is 4.98 Å². The molecule has 2 heterocycles. The molecule has 0 saturated heterocycles. The number of H-pyrrole nitrogens is 1. The maximum absolute atomic E-state index is 11.5. The van der Waals surface area contributed by atoms with Crippen molar-refractivity contribution >= 4 is 28.6 Å². The van der Waals surface area contributed by atoms with Crippen LogP contribution in [0.5, 0.6) is 0 Å². The van der Waals surface area contributed by atoms with Gasteiger partial charge in [0.25, 0.3) is 5.71 Å². The Morgan fingerprint density at radius 1 is 1.24 bits per heavy atom. The van der Waals surface area contributed by atoms with E-state index in [2.05, 4.69) is 9.82 Å². The highest BCUT2D eigenvalue weighted by atomic mass is 16.9. The molecule has 108 valence electrons. The smallest absolute Gasteiger partial charge is 0.276 e. The number of hydrogen-bond acceptors (Lipinski definition) is 6. The first-order chi connectivity index (χ1) is 10.0. The highest BCUT2D eigenvalue weighted by Crippen LogP contribution is 2.33. The van der Waals surface area contributed by atoms with Gasteiger partial charge in [0, 0.05) is 22.0 Å². The Morgan fingerprint density at radius 3 is 2.62 bits per heavy atom. The maximum Gasteiger partial charge on any atom is 0.276 e. The summed E-state index contributed by atoms with van der Waals surface area (Å²) in [6.07, 6.45) is -0.286. The van der Waals surface area contributed by atoms with Gasteiger partial charge in [0.15, 0.2) is 0 Å². The third kappa shape index (κ3) is 1.88. The number of fused-ring (bicyclic) bond motifs is 1. The standard InChI is InChI=1S/C13H10N2O6/c16-12(17)10-9(11(13(18)19)21-15(10)20)7-5-14-8-4-2-1-3-6(7)8/h1-5,9,11,14H,(H,16,17)(H,18,19)/p-2. The minimum absolute atomic E-state index is 0.317. The predicted octanol–water partition coefficient (Wildman–Crippen LogP) is -1.98. The number of carbonyl (C=O) groups excluding carboxylic acids is 2. The summed E-state index contributed by atoms with van der Waals surface area (Å²) in [5.74, 6) is -4.78. The van der Waals surface area contributed by atoms with E-state index in [1.165, 1.54) is 6.20 Å². The zero-order valence-electron chi connectivity index (χ0n) is 10.4. The van der Waals surface area contributed by atoms with Crippen LogP contribution in [-0.2, 0) is 14.4 Å². The molecule has 1 aromatic carbocycles. The van der Waals surface area contributed by atoms with Gasteiger partial charge in [-0.3, -0.25) is 5.21 Å². The predicted molar refractivity (Wildman–Crippen MR) is 64.6 cm³/mol. The van der Waals surface area contributed by atoms with Crippen molar-refractivity contribution in [3.63, 3.8) is 0 Å². The number of aromatic nitrogens is 1. The van der Waals surface area contributed by atoms with Gasteiger partial charge in [-0.15, -0.1) is 0 Å². The van der Waals surface area contributed by atoms with Crippen LogP contribution in [0.2, 0.25) is 0 Å². The summed E-state index contributed by atoms with van der Waals surface area (Å²) in [6, 6.07) is 6.87. The number of carbonyl (C=O) groups is 2. The second kappa shape index (κ2) is 4.51. The number of nitrogens with zero attached hydrogens (tertiary/aromatic N) is 1. The summed E-state index contributed by atoms with van der Waals surface area (Å²) >= 11 is 0. The number of aliphatic carboxylic acids is 2. The normalized spacial score (nSPS) is 21.5. The highest BCUT2D eigenvalue weighted by molar-refractivity contribution is 6.35. The van der Waals surface area contributed by atoms with E-state index in [9.17, 15) is 25.0 Å². The van der Waals surface area contributed by atoms with E-state index >= 15 is 0 Å². The highest BCUT2D eigenvalue weighted by Gasteiger charge is 2.43. The van der Waals surface area contributed by atoms with Crippen molar-refractivity contribution in [2.45, 2.75) is 12.0 Å². The van der Waals surface area contributed by atoms with Crippen LogP contribution in [-0.4, -0.2) is 33.6 Å². The second-order valence-electron chi connectivity index (χ2n) is 4.54. The van der Waals surface area contributed by atoms with Gasteiger partial charge in [-0.1, -0.05) is 18.2 Å². The van der Waals surface area contributed by atoms with Crippen LogP contribution in [0.25, 0.3) is 10.9 Å². The summed E-state index contributed by atoms with van der Waals surface area (Å²) < 4.78 is 0. The lowest BCUT2D eigenvalue weighted by Gasteiger charge is -2.19. The molecule has 2 unspecified atom stereocenters. The number of benzene rings is 1. The van der Waals surface area contributed by atoms with Gasteiger partial charge < -0.3 is 29.6 Å². The minimum Gasteiger partial charge on any atom is -0.549 e. The number of aromatic amines is 1. The lowest BCUT2D eigenvalue weighted by Crippen LogP contribution is -2.43. The van der Waals surface area contributed by atoms with Crippen molar-refractivity contribution in [3.05, 3.63) is 41.2 Å². The summed E-state index contributed by atoms with van der Waals surface area (Å²) in [4.78, 5) is 29.3. The topological polar surface area (TPSA) is 131 Å². The van der Waals surface area contributed by atoms with E-state index in [-0.39, 0.29) is 4.90 Å². The molecule has 0 fully saturated rings. The molecular formula is C13H8N2O6-2. The fraction of sp³-hybridized carbons (Fsp3) is 0.154. The molecular weight excluding hydrogens is 280 g/mol. The van der Waals surface area contributed by atoms with Crippen LogP contribution < -0.4 is 10.2 Å². The Bertz CT molecular complexity index is 778. The first-order valence-corrected chi connectivity index (χ1v) is 6.00. The van der Waals surface area contributed by atoms with E-state index in [0.29, 0.717) is 16.5 Å². The van der Waals surface area contributed by atoms with Crippen LogP contribution in [0.15, 0.2) is 30.5 Å². The van der Waals surface area contributed by atoms with Gasteiger partial charge >= 0.3 is 0 Å². The molecule has 3 rings (SSSR count). The van der Waals surface area contributed by atoms with Crippen LogP contribution in [0.1, 0.15) is 11.5 Å². The lowest BCUT2D eigenvalue weighted by atomic mass is 9.89. The van der Waals surface area contributed by atoms with Crippen LogP contribution in [0, 0.1) is 5.21 Å². The number of nitrogens with one attached hydrogen (secondary N) is 1. The van der Waals surface area contributed by atoms with E-state index < -0.39 is 29.7 Å². The maximum atomic E-state index is 11.5. The second-order valence-corrected chi connectivity index (χ2v) is 4.54.